The minimum absolute atomic E-state index is 0.0480. The predicted octanol–water partition coefficient (Wildman–Crippen LogP) is 2.60. The van der Waals surface area contributed by atoms with E-state index in [2.05, 4.69) is 13.5 Å². The molecule has 2 nitrogen and oxygen atoms in total. The van der Waals surface area contributed by atoms with Gasteiger partial charge in [0, 0.05) is 19.6 Å². The third-order valence-electron chi connectivity index (χ3n) is 4.38. The summed E-state index contributed by atoms with van der Waals surface area (Å²) in [5.74, 6) is 1.43. The molecule has 0 radical (unpaired) electrons. The van der Waals surface area contributed by atoms with E-state index in [-0.39, 0.29) is 11.7 Å². The Morgan fingerprint density at radius 1 is 1.36 bits per heavy atom. The first-order valence-corrected chi connectivity index (χ1v) is 5.39. The Balaban J connectivity index is 2.26. The maximum atomic E-state index is 5.43. The molecule has 0 spiro atoms. The molecule has 2 saturated carbocycles. The van der Waals surface area contributed by atoms with E-state index in [4.69, 9.17) is 9.47 Å². The Morgan fingerprint density at radius 3 is 2.43 bits per heavy atom. The number of methoxy groups -OCH3 is 2. The molecule has 2 bridgehead atoms. The van der Waals surface area contributed by atoms with Crippen molar-refractivity contribution < 1.29 is 9.47 Å². The lowest BCUT2D eigenvalue weighted by Crippen LogP contribution is -2.41. The van der Waals surface area contributed by atoms with Gasteiger partial charge < -0.3 is 9.47 Å². The summed E-state index contributed by atoms with van der Waals surface area (Å²) in [6.45, 7) is 6.49. The van der Waals surface area contributed by atoms with Crippen LogP contribution in [0.4, 0.5) is 0 Å². The molecule has 0 heterocycles. The van der Waals surface area contributed by atoms with Gasteiger partial charge in [0.05, 0.1) is 0 Å². The number of rotatable bonds is 3. The van der Waals surface area contributed by atoms with Crippen molar-refractivity contribution in [3.8, 4) is 0 Å². The van der Waals surface area contributed by atoms with Crippen molar-refractivity contribution >= 4 is 0 Å². The zero-order chi connectivity index (χ0) is 10.3. The smallest absolute Gasteiger partial charge is 0.166 e. The van der Waals surface area contributed by atoms with Gasteiger partial charge in [-0.25, -0.2) is 0 Å². The van der Waals surface area contributed by atoms with E-state index in [0.29, 0.717) is 5.92 Å². The molecule has 0 N–H and O–H groups in total. The van der Waals surface area contributed by atoms with Gasteiger partial charge in [-0.2, -0.15) is 0 Å². The molecule has 0 aromatic heterocycles. The van der Waals surface area contributed by atoms with Crippen LogP contribution in [0.2, 0.25) is 0 Å². The van der Waals surface area contributed by atoms with Crippen LogP contribution in [-0.2, 0) is 9.47 Å². The summed E-state index contributed by atoms with van der Waals surface area (Å²) in [5, 5.41) is 0. The van der Waals surface area contributed by atoms with Gasteiger partial charge in [0.25, 0.3) is 0 Å². The number of hydrogen-bond donors (Lipinski definition) is 0. The zero-order valence-corrected chi connectivity index (χ0v) is 9.38. The number of fused-ring (bicyclic) bond motifs is 2. The van der Waals surface area contributed by atoms with E-state index in [1.165, 1.54) is 24.8 Å². The Labute approximate surface area is 86.3 Å². The lowest BCUT2D eigenvalue weighted by molar-refractivity contribution is -0.173. The first-order valence-electron chi connectivity index (χ1n) is 5.39. The molecule has 3 atom stereocenters. The van der Waals surface area contributed by atoms with E-state index in [1.807, 2.05) is 0 Å². The summed E-state index contributed by atoms with van der Waals surface area (Å²) in [6.07, 6.45) is 3.80. The molecule has 0 aromatic carbocycles. The van der Waals surface area contributed by atoms with E-state index in [9.17, 15) is 0 Å². The number of hydrogen-bond acceptors (Lipinski definition) is 2. The van der Waals surface area contributed by atoms with Crippen molar-refractivity contribution in [2.75, 3.05) is 14.2 Å². The molecular weight excluding hydrogens is 176 g/mol. The maximum absolute atomic E-state index is 5.43. The molecule has 2 aliphatic rings. The van der Waals surface area contributed by atoms with Crippen LogP contribution in [0.5, 0.6) is 0 Å². The molecular formula is C12H20O2. The van der Waals surface area contributed by atoms with Gasteiger partial charge in [0.1, 0.15) is 0 Å². The summed E-state index contributed by atoms with van der Waals surface area (Å²) in [7, 11) is 3.44. The third-order valence-corrected chi connectivity index (χ3v) is 4.38. The van der Waals surface area contributed by atoms with E-state index >= 15 is 0 Å². The molecule has 0 unspecified atom stereocenters. The standard InChI is InChI=1S/C12H20O2/c1-8-9-5-6-10(7-9)12(8,2)11(13-3)14-4/h9-11H,1,5-7H2,2-4H3/t9-,10+,12+/m1/s1. The summed E-state index contributed by atoms with van der Waals surface area (Å²) in [4.78, 5) is 0. The third kappa shape index (κ3) is 1.10. The second kappa shape index (κ2) is 3.35. The van der Waals surface area contributed by atoms with E-state index in [0.717, 1.165) is 5.92 Å². The van der Waals surface area contributed by atoms with Crippen LogP contribution < -0.4 is 0 Å². The van der Waals surface area contributed by atoms with Gasteiger partial charge in [0.15, 0.2) is 6.29 Å². The van der Waals surface area contributed by atoms with Crippen molar-refractivity contribution in [3.63, 3.8) is 0 Å². The van der Waals surface area contributed by atoms with Crippen LogP contribution in [-0.4, -0.2) is 20.5 Å². The van der Waals surface area contributed by atoms with Crippen LogP contribution in [0, 0.1) is 17.3 Å². The van der Waals surface area contributed by atoms with Crippen LogP contribution in [0.15, 0.2) is 12.2 Å². The zero-order valence-electron chi connectivity index (χ0n) is 9.38. The largest absolute Gasteiger partial charge is 0.355 e. The van der Waals surface area contributed by atoms with Gasteiger partial charge in [-0.15, -0.1) is 0 Å². The first-order chi connectivity index (χ1) is 6.64. The topological polar surface area (TPSA) is 18.5 Å². The minimum Gasteiger partial charge on any atom is -0.355 e. The van der Waals surface area contributed by atoms with Gasteiger partial charge in [-0.3, -0.25) is 0 Å². The second-order valence-electron chi connectivity index (χ2n) is 4.82. The van der Waals surface area contributed by atoms with Gasteiger partial charge in [0.2, 0.25) is 0 Å². The maximum Gasteiger partial charge on any atom is 0.166 e. The van der Waals surface area contributed by atoms with Crippen LogP contribution >= 0.6 is 0 Å². The van der Waals surface area contributed by atoms with Crippen molar-refractivity contribution in [3.05, 3.63) is 12.2 Å². The molecule has 14 heavy (non-hydrogen) atoms. The van der Waals surface area contributed by atoms with Crippen molar-refractivity contribution in [1.29, 1.82) is 0 Å². The van der Waals surface area contributed by atoms with Gasteiger partial charge in [-0.05, 0) is 31.1 Å². The highest BCUT2D eigenvalue weighted by Crippen LogP contribution is 2.60. The average molecular weight is 196 g/mol. The molecule has 2 aliphatic carbocycles. The molecule has 80 valence electrons. The fourth-order valence-corrected chi connectivity index (χ4v) is 3.47. The first kappa shape index (κ1) is 10.2. The molecule has 2 heteroatoms. The summed E-state index contributed by atoms with van der Waals surface area (Å²) in [5.41, 5.74) is 1.40. The summed E-state index contributed by atoms with van der Waals surface area (Å²) < 4.78 is 10.9. The highest BCUT2D eigenvalue weighted by Gasteiger charge is 2.55. The second-order valence-corrected chi connectivity index (χ2v) is 4.82. The molecule has 0 aromatic rings. The van der Waals surface area contributed by atoms with Crippen molar-refractivity contribution in [2.45, 2.75) is 32.5 Å². The van der Waals surface area contributed by atoms with Gasteiger partial charge >= 0.3 is 0 Å². The van der Waals surface area contributed by atoms with Crippen LogP contribution in [0.1, 0.15) is 26.2 Å². The van der Waals surface area contributed by atoms with Crippen molar-refractivity contribution in [2.24, 2.45) is 17.3 Å². The molecule has 0 aliphatic heterocycles. The molecule has 0 saturated heterocycles. The molecule has 2 fully saturated rings. The Bertz CT molecular complexity index is 245. The SMILES string of the molecule is C=C1[C@@H]2CC[C@@H](C2)[C@@]1(C)C(OC)OC. The van der Waals surface area contributed by atoms with Crippen LogP contribution in [0.3, 0.4) is 0 Å². The lowest BCUT2D eigenvalue weighted by atomic mass is 9.71. The molecule has 0 amide bonds. The van der Waals surface area contributed by atoms with Gasteiger partial charge in [-0.1, -0.05) is 19.1 Å². The quantitative estimate of drug-likeness (QED) is 0.510. The highest BCUT2D eigenvalue weighted by atomic mass is 16.7. The Kier molecular flexibility index (Phi) is 2.44. The highest BCUT2D eigenvalue weighted by molar-refractivity contribution is 5.25. The Morgan fingerprint density at radius 2 is 2.00 bits per heavy atom. The molecule has 2 rings (SSSR count). The average Bonchev–Trinajstić information content (AvgIpc) is 2.73. The van der Waals surface area contributed by atoms with E-state index < -0.39 is 0 Å². The van der Waals surface area contributed by atoms with Crippen LogP contribution in [0.25, 0.3) is 0 Å². The summed E-state index contributed by atoms with van der Waals surface area (Å²) >= 11 is 0. The van der Waals surface area contributed by atoms with Crippen molar-refractivity contribution in [1.82, 2.24) is 0 Å². The fourth-order valence-electron chi connectivity index (χ4n) is 3.47. The Hall–Kier alpha value is -0.340. The fraction of sp³-hybridized carbons (Fsp3) is 0.833. The van der Waals surface area contributed by atoms with E-state index in [1.54, 1.807) is 14.2 Å². The summed E-state index contributed by atoms with van der Waals surface area (Å²) in [6, 6.07) is 0. The minimum atomic E-state index is -0.120. The lowest BCUT2D eigenvalue weighted by Gasteiger charge is -2.40. The normalized spacial score (nSPS) is 41.3. The number of ether oxygens (including phenoxy) is 2. The monoisotopic (exact) mass is 196 g/mol. The predicted molar refractivity (Wildman–Crippen MR) is 55.9 cm³/mol.